The first-order valence-electron chi connectivity index (χ1n) is 8.85. The van der Waals surface area contributed by atoms with Gasteiger partial charge in [-0.05, 0) is 25.1 Å². The molecule has 0 bridgehead atoms. The third-order valence-electron chi connectivity index (χ3n) is 4.99. The summed E-state index contributed by atoms with van der Waals surface area (Å²) < 4.78 is 30.4. The van der Waals surface area contributed by atoms with Gasteiger partial charge in [0.05, 0.1) is 23.0 Å². The molecular weight excluding hydrogens is 418 g/mol. The maximum atomic E-state index is 14.7. The number of benzene rings is 2. The van der Waals surface area contributed by atoms with Gasteiger partial charge in [0.2, 0.25) is 0 Å². The molecule has 4 aromatic rings. The van der Waals surface area contributed by atoms with Crippen molar-refractivity contribution in [2.45, 2.75) is 25.1 Å². The quantitative estimate of drug-likeness (QED) is 0.520. The molecule has 2 atom stereocenters. The highest BCUT2D eigenvalue weighted by atomic mass is 35.5. The lowest BCUT2D eigenvalue weighted by Gasteiger charge is -2.34. The molecule has 8 nitrogen and oxygen atoms in total. The molecule has 0 aliphatic carbocycles. The Morgan fingerprint density at radius 1 is 1.27 bits per heavy atom. The highest BCUT2D eigenvalue weighted by molar-refractivity contribution is 6.34. The van der Waals surface area contributed by atoms with Crippen molar-refractivity contribution in [1.29, 1.82) is 0 Å². The van der Waals surface area contributed by atoms with Crippen molar-refractivity contribution in [3.8, 4) is 0 Å². The predicted molar refractivity (Wildman–Crippen MR) is 104 cm³/mol. The fraction of sp³-hybridized carbons (Fsp3) is 0.211. The van der Waals surface area contributed by atoms with E-state index >= 15 is 0 Å². The minimum absolute atomic E-state index is 0.187. The van der Waals surface area contributed by atoms with Gasteiger partial charge >= 0.3 is 0 Å². The molecule has 4 rings (SSSR count). The van der Waals surface area contributed by atoms with Crippen molar-refractivity contribution in [2.75, 3.05) is 0 Å². The number of aliphatic hydroxyl groups is 1. The van der Waals surface area contributed by atoms with E-state index in [0.29, 0.717) is 6.07 Å². The lowest BCUT2D eigenvalue weighted by Crippen LogP contribution is -2.44. The minimum Gasteiger partial charge on any atom is -0.381 e. The molecule has 0 aliphatic rings. The van der Waals surface area contributed by atoms with Crippen molar-refractivity contribution in [3.05, 3.63) is 81.6 Å². The lowest BCUT2D eigenvalue weighted by atomic mass is 9.86. The molecular formula is C19H15ClF2N6O2. The second kappa shape index (κ2) is 7.54. The lowest BCUT2D eigenvalue weighted by molar-refractivity contribution is -0.0390. The molecule has 0 amide bonds. The summed E-state index contributed by atoms with van der Waals surface area (Å²) in [7, 11) is 0. The Morgan fingerprint density at radius 3 is 2.77 bits per heavy atom. The van der Waals surface area contributed by atoms with Crippen LogP contribution in [0.5, 0.6) is 0 Å². The molecule has 0 spiro atoms. The number of fused-ring (bicyclic) bond motifs is 1. The minimum atomic E-state index is -2.05. The highest BCUT2D eigenvalue weighted by Gasteiger charge is 2.41. The van der Waals surface area contributed by atoms with Crippen molar-refractivity contribution in [1.82, 2.24) is 29.8 Å². The van der Waals surface area contributed by atoms with Gasteiger partial charge in [0.1, 0.15) is 35.4 Å². The van der Waals surface area contributed by atoms with E-state index in [4.69, 9.17) is 11.6 Å². The summed E-state index contributed by atoms with van der Waals surface area (Å²) in [6.07, 6.45) is 2.57. The zero-order valence-corrected chi connectivity index (χ0v) is 16.3. The van der Waals surface area contributed by atoms with Crippen LogP contribution < -0.4 is 5.56 Å². The summed E-state index contributed by atoms with van der Waals surface area (Å²) in [5, 5.41) is 23.9. The maximum absolute atomic E-state index is 14.7. The summed E-state index contributed by atoms with van der Waals surface area (Å²) in [5.41, 5.74) is -2.64. The summed E-state index contributed by atoms with van der Waals surface area (Å²) >= 11 is 6.07. The molecule has 2 aromatic carbocycles. The first-order valence-corrected chi connectivity index (χ1v) is 9.23. The molecule has 0 saturated carbocycles. The summed E-state index contributed by atoms with van der Waals surface area (Å²) in [6.45, 7) is 1.20. The van der Waals surface area contributed by atoms with Gasteiger partial charge in [0.25, 0.3) is 5.56 Å². The van der Waals surface area contributed by atoms with Gasteiger partial charge in [-0.15, -0.1) is 5.10 Å². The first-order chi connectivity index (χ1) is 14.3. The van der Waals surface area contributed by atoms with E-state index in [1.165, 1.54) is 30.3 Å². The maximum Gasteiger partial charge on any atom is 0.278 e. The van der Waals surface area contributed by atoms with Crippen molar-refractivity contribution >= 4 is 22.5 Å². The Labute approximate surface area is 173 Å². The van der Waals surface area contributed by atoms with Gasteiger partial charge < -0.3 is 5.11 Å². The molecule has 154 valence electrons. The van der Waals surface area contributed by atoms with Crippen LogP contribution in [0, 0.1) is 11.6 Å². The number of hydrogen-bond acceptors (Lipinski definition) is 6. The Balaban J connectivity index is 1.90. The second-order valence-corrected chi connectivity index (χ2v) is 7.20. The van der Waals surface area contributed by atoms with E-state index in [-0.39, 0.29) is 28.0 Å². The monoisotopic (exact) mass is 432 g/mol. The van der Waals surface area contributed by atoms with Gasteiger partial charge in [0, 0.05) is 11.6 Å². The average Bonchev–Trinajstić information content (AvgIpc) is 3.21. The van der Waals surface area contributed by atoms with E-state index in [1.54, 1.807) is 12.1 Å². The molecule has 1 N–H and O–H groups in total. The van der Waals surface area contributed by atoms with Gasteiger partial charge in [-0.2, -0.15) is 5.10 Å². The molecule has 0 saturated heterocycles. The third-order valence-corrected chi connectivity index (χ3v) is 5.30. The number of rotatable bonds is 5. The van der Waals surface area contributed by atoms with E-state index in [2.05, 4.69) is 20.4 Å². The van der Waals surface area contributed by atoms with Crippen LogP contribution in [-0.4, -0.2) is 34.9 Å². The third kappa shape index (κ3) is 3.33. The summed E-state index contributed by atoms with van der Waals surface area (Å²) in [4.78, 5) is 16.9. The van der Waals surface area contributed by atoms with E-state index < -0.39 is 28.8 Å². The van der Waals surface area contributed by atoms with Gasteiger partial charge in [-0.1, -0.05) is 28.9 Å². The van der Waals surface area contributed by atoms with Gasteiger partial charge in [-0.25, -0.2) is 23.1 Å². The van der Waals surface area contributed by atoms with Crippen molar-refractivity contribution in [3.63, 3.8) is 0 Å². The van der Waals surface area contributed by atoms with Crippen LogP contribution in [0.1, 0.15) is 18.5 Å². The molecule has 2 heterocycles. The van der Waals surface area contributed by atoms with E-state index in [0.717, 1.165) is 16.8 Å². The van der Waals surface area contributed by atoms with Gasteiger partial charge in [-0.3, -0.25) is 4.79 Å². The molecule has 30 heavy (non-hydrogen) atoms. The standard InChI is InChI=1S/C19H15ClF2N6O2/c1-11(28-18(29)13-3-2-4-15(20)17(13)25-26-28)19(30,8-27-10-23-9-24-27)14-6-5-12(21)7-16(14)22/h2-7,9-11,30H,8H2,1H3/t11-,19-/m1/s1. The summed E-state index contributed by atoms with van der Waals surface area (Å²) in [6, 6.07) is 6.36. The van der Waals surface area contributed by atoms with Crippen LogP contribution in [0.15, 0.2) is 53.8 Å². The first kappa shape index (κ1) is 20.0. The van der Waals surface area contributed by atoms with Gasteiger partial charge in [0.15, 0.2) is 0 Å². The average molecular weight is 433 g/mol. The molecule has 0 aliphatic heterocycles. The smallest absolute Gasteiger partial charge is 0.278 e. The molecule has 0 fully saturated rings. The van der Waals surface area contributed by atoms with E-state index in [1.807, 2.05) is 0 Å². The predicted octanol–water partition coefficient (Wildman–Crippen LogP) is 2.46. The topological polar surface area (TPSA) is 98.7 Å². The number of halogens is 3. The van der Waals surface area contributed by atoms with Crippen molar-refractivity contribution < 1.29 is 13.9 Å². The van der Waals surface area contributed by atoms with Crippen LogP contribution in [0.3, 0.4) is 0 Å². The number of aromatic nitrogens is 6. The van der Waals surface area contributed by atoms with Crippen LogP contribution >= 0.6 is 11.6 Å². The molecule has 11 heteroatoms. The number of nitrogens with zero attached hydrogens (tertiary/aromatic N) is 6. The van der Waals surface area contributed by atoms with Crippen LogP contribution in [0.4, 0.5) is 8.78 Å². The molecule has 0 radical (unpaired) electrons. The zero-order valence-electron chi connectivity index (χ0n) is 15.6. The molecule has 0 unspecified atom stereocenters. The Morgan fingerprint density at radius 2 is 2.07 bits per heavy atom. The molecule has 2 aromatic heterocycles. The zero-order chi connectivity index (χ0) is 21.5. The van der Waals surface area contributed by atoms with Crippen LogP contribution in [0.25, 0.3) is 10.9 Å². The van der Waals surface area contributed by atoms with Crippen molar-refractivity contribution in [2.24, 2.45) is 0 Å². The Kier molecular flexibility index (Phi) is 5.04. The van der Waals surface area contributed by atoms with Crippen LogP contribution in [0.2, 0.25) is 5.02 Å². The fourth-order valence-electron chi connectivity index (χ4n) is 3.35. The normalized spacial score (nSPS) is 14.6. The Hall–Kier alpha value is -3.24. The fourth-order valence-corrected chi connectivity index (χ4v) is 3.56. The largest absolute Gasteiger partial charge is 0.381 e. The SMILES string of the molecule is C[C@@H](n1nnc2c(Cl)cccc2c1=O)[C@](O)(Cn1cncn1)c1ccc(F)cc1F. The van der Waals surface area contributed by atoms with Crippen LogP contribution in [-0.2, 0) is 12.1 Å². The van der Waals surface area contributed by atoms with E-state index in [9.17, 15) is 18.7 Å². The number of hydrogen-bond donors (Lipinski definition) is 1. The second-order valence-electron chi connectivity index (χ2n) is 6.79. The Bertz CT molecular complexity index is 1280. The highest BCUT2D eigenvalue weighted by Crippen LogP contribution is 2.36. The summed E-state index contributed by atoms with van der Waals surface area (Å²) in [5.74, 6) is -1.78.